The van der Waals surface area contributed by atoms with E-state index in [-0.39, 0.29) is 23.0 Å². The molecule has 2 aliphatic carbocycles. The average molecular weight is 252 g/mol. The molecule has 1 fully saturated rings. The van der Waals surface area contributed by atoms with Gasteiger partial charge in [0.2, 0.25) is 0 Å². The lowest BCUT2D eigenvalue weighted by atomic mass is 9.55. The zero-order valence-corrected chi connectivity index (χ0v) is 11.7. The van der Waals surface area contributed by atoms with E-state index < -0.39 is 17.6 Å². The number of carbonyl (C=O) groups is 1. The summed E-state index contributed by atoms with van der Waals surface area (Å²) in [6.45, 7) is 7.77. The zero-order valence-electron chi connectivity index (χ0n) is 11.7. The highest BCUT2D eigenvalue weighted by atomic mass is 16.3. The number of hydrogen-bond donors (Lipinski definition) is 2. The van der Waals surface area contributed by atoms with Gasteiger partial charge in [-0.3, -0.25) is 4.79 Å². The Balaban J connectivity index is 2.61. The molecule has 0 aliphatic heterocycles. The monoisotopic (exact) mass is 252 g/mol. The van der Waals surface area contributed by atoms with Crippen LogP contribution in [-0.2, 0) is 4.79 Å². The van der Waals surface area contributed by atoms with Gasteiger partial charge >= 0.3 is 0 Å². The van der Waals surface area contributed by atoms with Crippen molar-refractivity contribution >= 4 is 5.78 Å². The standard InChI is InChI=1S/C15H24O3/c1-9(2)14-7-5-10(3)15(14,18)13(11(4)16)12(17)6-8-14/h6,8-11,13,16,18H,5,7H2,1-4H3/t10-,11?,13+,14-,15+/m1/s1. The van der Waals surface area contributed by atoms with Crippen molar-refractivity contribution in [2.24, 2.45) is 23.2 Å². The number of carbonyl (C=O) groups excluding carboxylic acids is 1. The van der Waals surface area contributed by atoms with Gasteiger partial charge < -0.3 is 10.2 Å². The Morgan fingerprint density at radius 3 is 2.50 bits per heavy atom. The van der Waals surface area contributed by atoms with E-state index in [1.165, 1.54) is 0 Å². The van der Waals surface area contributed by atoms with Gasteiger partial charge in [0.05, 0.1) is 17.6 Å². The molecule has 0 radical (unpaired) electrons. The number of rotatable bonds is 2. The van der Waals surface area contributed by atoms with E-state index in [9.17, 15) is 15.0 Å². The number of hydrogen-bond acceptors (Lipinski definition) is 3. The van der Waals surface area contributed by atoms with E-state index in [1.54, 1.807) is 13.0 Å². The summed E-state index contributed by atoms with van der Waals surface area (Å²) in [5.74, 6) is -0.550. The number of aliphatic hydroxyl groups is 2. The maximum absolute atomic E-state index is 12.1. The minimum absolute atomic E-state index is 0.0356. The quantitative estimate of drug-likeness (QED) is 0.789. The lowest BCUT2D eigenvalue weighted by molar-refractivity contribution is -0.170. The van der Waals surface area contributed by atoms with Crippen LogP contribution in [-0.4, -0.2) is 27.7 Å². The van der Waals surface area contributed by atoms with E-state index in [0.717, 1.165) is 12.8 Å². The molecule has 0 amide bonds. The van der Waals surface area contributed by atoms with Crippen molar-refractivity contribution in [3.8, 4) is 0 Å². The van der Waals surface area contributed by atoms with Crippen molar-refractivity contribution < 1.29 is 15.0 Å². The number of allylic oxidation sites excluding steroid dienone is 1. The lowest BCUT2D eigenvalue weighted by Gasteiger charge is -2.52. The second kappa shape index (κ2) is 4.17. The Hall–Kier alpha value is -0.670. The van der Waals surface area contributed by atoms with Crippen LogP contribution < -0.4 is 0 Å². The molecule has 3 heteroatoms. The van der Waals surface area contributed by atoms with E-state index in [0.29, 0.717) is 0 Å². The third-order valence-electron chi connectivity index (χ3n) is 5.33. The van der Waals surface area contributed by atoms with Crippen LogP contribution >= 0.6 is 0 Å². The molecule has 1 saturated carbocycles. The fourth-order valence-electron chi connectivity index (χ4n) is 4.25. The molecule has 0 heterocycles. The molecule has 102 valence electrons. The van der Waals surface area contributed by atoms with Crippen molar-refractivity contribution in [1.29, 1.82) is 0 Å². The van der Waals surface area contributed by atoms with Gasteiger partial charge in [-0.1, -0.05) is 26.8 Å². The van der Waals surface area contributed by atoms with Gasteiger partial charge in [0.1, 0.15) is 0 Å². The van der Waals surface area contributed by atoms with Crippen LogP contribution in [0.15, 0.2) is 12.2 Å². The molecule has 5 atom stereocenters. The minimum atomic E-state index is -1.11. The first-order valence-electron chi connectivity index (χ1n) is 6.91. The first kappa shape index (κ1) is 13.8. The summed E-state index contributed by atoms with van der Waals surface area (Å²) in [5.41, 5.74) is -1.48. The summed E-state index contributed by atoms with van der Waals surface area (Å²) < 4.78 is 0. The minimum Gasteiger partial charge on any atom is -0.393 e. The molecule has 3 nitrogen and oxygen atoms in total. The first-order chi connectivity index (χ1) is 8.27. The van der Waals surface area contributed by atoms with Gasteiger partial charge in [0, 0.05) is 5.41 Å². The summed E-state index contributed by atoms with van der Waals surface area (Å²) in [7, 11) is 0. The van der Waals surface area contributed by atoms with E-state index in [1.807, 2.05) is 13.0 Å². The van der Waals surface area contributed by atoms with Gasteiger partial charge in [0.25, 0.3) is 0 Å². The van der Waals surface area contributed by atoms with E-state index >= 15 is 0 Å². The summed E-state index contributed by atoms with van der Waals surface area (Å²) in [6, 6.07) is 0. The molecule has 0 spiro atoms. The Kier molecular flexibility index (Phi) is 3.19. The number of aliphatic hydroxyl groups excluding tert-OH is 1. The highest BCUT2D eigenvalue weighted by molar-refractivity contribution is 5.94. The SMILES string of the molecule is CC(O)[C@H]1C(=O)C=C[C@@]2(C(C)C)CC[C@@H](C)[C@]12O. The molecule has 0 aromatic rings. The van der Waals surface area contributed by atoms with Gasteiger partial charge in [-0.2, -0.15) is 0 Å². The molecular weight excluding hydrogens is 228 g/mol. The predicted octanol–water partition coefficient (Wildman–Crippen LogP) is 1.93. The highest BCUT2D eigenvalue weighted by Gasteiger charge is 2.65. The van der Waals surface area contributed by atoms with Crippen LogP contribution in [0.2, 0.25) is 0 Å². The fourth-order valence-corrected chi connectivity index (χ4v) is 4.25. The zero-order chi connectivity index (χ0) is 13.7. The lowest BCUT2D eigenvalue weighted by Crippen LogP contribution is -2.61. The maximum Gasteiger partial charge on any atom is 0.163 e. The van der Waals surface area contributed by atoms with Crippen molar-refractivity contribution in [3.05, 3.63) is 12.2 Å². The van der Waals surface area contributed by atoms with Crippen molar-refractivity contribution in [3.63, 3.8) is 0 Å². The fraction of sp³-hybridized carbons (Fsp3) is 0.800. The summed E-state index contributed by atoms with van der Waals surface area (Å²) in [5, 5.41) is 21.2. The largest absolute Gasteiger partial charge is 0.393 e. The summed E-state index contributed by atoms with van der Waals surface area (Å²) in [6.07, 6.45) is 4.45. The molecule has 0 aromatic heterocycles. The summed E-state index contributed by atoms with van der Waals surface area (Å²) in [4.78, 5) is 12.1. The second-order valence-electron chi connectivity index (χ2n) is 6.41. The topological polar surface area (TPSA) is 57.5 Å². The maximum atomic E-state index is 12.1. The van der Waals surface area contributed by atoms with E-state index in [4.69, 9.17) is 0 Å². The molecule has 0 aromatic carbocycles. The molecular formula is C15H24O3. The van der Waals surface area contributed by atoms with Crippen LogP contribution in [0.25, 0.3) is 0 Å². The number of fused-ring (bicyclic) bond motifs is 1. The predicted molar refractivity (Wildman–Crippen MR) is 69.9 cm³/mol. The van der Waals surface area contributed by atoms with E-state index in [2.05, 4.69) is 13.8 Å². The van der Waals surface area contributed by atoms with Crippen molar-refractivity contribution in [2.75, 3.05) is 0 Å². The second-order valence-corrected chi connectivity index (χ2v) is 6.41. The molecule has 1 unspecified atom stereocenters. The van der Waals surface area contributed by atoms with Gasteiger partial charge in [0.15, 0.2) is 5.78 Å². The first-order valence-corrected chi connectivity index (χ1v) is 6.91. The normalized spacial score (nSPS) is 45.4. The molecule has 18 heavy (non-hydrogen) atoms. The third-order valence-corrected chi connectivity index (χ3v) is 5.33. The molecule has 2 N–H and O–H groups in total. The highest BCUT2D eigenvalue weighted by Crippen LogP contribution is 2.60. The smallest absolute Gasteiger partial charge is 0.163 e. The van der Waals surface area contributed by atoms with Crippen molar-refractivity contribution in [2.45, 2.75) is 52.2 Å². The summed E-state index contributed by atoms with van der Waals surface area (Å²) >= 11 is 0. The van der Waals surface area contributed by atoms with Crippen LogP contribution in [0.4, 0.5) is 0 Å². The Labute approximate surface area is 109 Å². The van der Waals surface area contributed by atoms with Crippen molar-refractivity contribution in [1.82, 2.24) is 0 Å². The molecule has 0 bridgehead atoms. The average Bonchev–Trinajstić information content (AvgIpc) is 2.52. The van der Waals surface area contributed by atoms with Gasteiger partial charge in [-0.15, -0.1) is 0 Å². The van der Waals surface area contributed by atoms with Gasteiger partial charge in [-0.25, -0.2) is 0 Å². The van der Waals surface area contributed by atoms with Crippen LogP contribution in [0.1, 0.15) is 40.5 Å². The molecule has 2 aliphatic rings. The van der Waals surface area contributed by atoms with Crippen LogP contribution in [0, 0.1) is 23.2 Å². The van der Waals surface area contributed by atoms with Crippen LogP contribution in [0.3, 0.4) is 0 Å². The van der Waals surface area contributed by atoms with Gasteiger partial charge in [-0.05, 0) is 37.7 Å². The third kappa shape index (κ3) is 1.47. The Morgan fingerprint density at radius 2 is 2.00 bits per heavy atom. The number of ketones is 1. The Bertz CT molecular complexity index is 385. The Morgan fingerprint density at radius 1 is 1.39 bits per heavy atom. The van der Waals surface area contributed by atoms with Crippen LogP contribution in [0.5, 0.6) is 0 Å². The molecule has 2 rings (SSSR count). The molecule has 0 saturated heterocycles.